The van der Waals surface area contributed by atoms with Gasteiger partial charge < -0.3 is 15.4 Å². The third-order valence-corrected chi connectivity index (χ3v) is 3.62. The van der Waals surface area contributed by atoms with Crippen molar-refractivity contribution >= 4 is 0 Å². The maximum absolute atomic E-state index is 5.26. The Morgan fingerprint density at radius 1 is 1.44 bits per heavy atom. The van der Waals surface area contributed by atoms with Gasteiger partial charge in [-0.25, -0.2) is 0 Å². The summed E-state index contributed by atoms with van der Waals surface area (Å²) in [7, 11) is 1.72. The van der Waals surface area contributed by atoms with E-state index >= 15 is 0 Å². The molecular weight excluding hydrogens is 224 g/mol. The highest BCUT2D eigenvalue weighted by molar-refractivity contribution is 5.36. The fourth-order valence-corrected chi connectivity index (χ4v) is 2.56. The lowest BCUT2D eigenvalue weighted by atomic mass is 10.1. The third-order valence-electron chi connectivity index (χ3n) is 3.62. The molecule has 1 aliphatic rings. The van der Waals surface area contributed by atoms with E-state index < -0.39 is 0 Å². The van der Waals surface area contributed by atoms with Crippen LogP contribution in [0.2, 0.25) is 0 Å². The van der Waals surface area contributed by atoms with E-state index in [0.29, 0.717) is 0 Å². The maximum atomic E-state index is 5.26. The predicted molar refractivity (Wildman–Crippen MR) is 75.1 cm³/mol. The molecule has 3 nitrogen and oxygen atoms in total. The Labute approximate surface area is 110 Å². The van der Waals surface area contributed by atoms with Crippen LogP contribution in [0.1, 0.15) is 30.4 Å². The van der Waals surface area contributed by atoms with Gasteiger partial charge in [-0.3, -0.25) is 0 Å². The van der Waals surface area contributed by atoms with E-state index in [9.17, 15) is 0 Å². The van der Waals surface area contributed by atoms with Crippen LogP contribution in [-0.2, 0) is 6.54 Å². The fourth-order valence-electron chi connectivity index (χ4n) is 2.56. The first kappa shape index (κ1) is 13.4. The van der Waals surface area contributed by atoms with Crippen LogP contribution in [-0.4, -0.2) is 26.2 Å². The van der Waals surface area contributed by atoms with Crippen LogP contribution >= 0.6 is 0 Å². The quantitative estimate of drug-likeness (QED) is 0.757. The van der Waals surface area contributed by atoms with Gasteiger partial charge in [-0.1, -0.05) is 12.1 Å². The highest BCUT2D eigenvalue weighted by atomic mass is 16.5. The molecule has 1 unspecified atom stereocenters. The number of ether oxygens (including phenoxy) is 1. The van der Waals surface area contributed by atoms with Crippen LogP contribution < -0.4 is 15.4 Å². The molecule has 1 aromatic rings. The lowest BCUT2D eigenvalue weighted by molar-refractivity contribution is 0.411. The first-order valence-electron chi connectivity index (χ1n) is 6.87. The van der Waals surface area contributed by atoms with Gasteiger partial charge in [0.1, 0.15) is 5.75 Å². The largest absolute Gasteiger partial charge is 0.496 e. The van der Waals surface area contributed by atoms with Gasteiger partial charge in [-0.05, 0) is 56.5 Å². The monoisotopic (exact) mass is 248 g/mol. The lowest BCUT2D eigenvalue weighted by Crippen LogP contribution is -2.26. The second kappa shape index (κ2) is 6.76. The van der Waals surface area contributed by atoms with Gasteiger partial charge >= 0.3 is 0 Å². The molecule has 100 valence electrons. The summed E-state index contributed by atoms with van der Waals surface area (Å²) in [5, 5.41) is 7.04. The molecule has 2 N–H and O–H groups in total. The van der Waals surface area contributed by atoms with E-state index in [1.165, 1.54) is 36.9 Å². The van der Waals surface area contributed by atoms with Crippen molar-refractivity contribution in [3.63, 3.8) is 0 Å². The second-order valence-corrected chi connectivity index (χ2v) is 5.06. The summed E-state index contributed by atoms with van der Waals surface area (Å²) in [6, 6.07) is 7.10. The molecule has 2 rings (SSSR count). The lowest BCUT2D eigenvalue weighted by Gasteiger charge is -2.11. The van der Waals surface area contributed by atoms with Crippen LogP contribution in [0.5, 0.6) is 5.75 Å². The summed E-state index contributed by atoms with van der Waals surface area (Å²) >= 11 is 0. The Kier molecular flexibility index (Phi) is 5.02. The molecule has 1 heterocycles. The summed E-state index contributed by atoms with van der Waals surface area (Å²) in [6.07, 6.45) is 3.90. The summed E-state index contributed by atoms with van der Waals surface area (Å²) in [5.74, 6) is 0.967. The van der Waals surface area contributed by atoms with Crippen molar-refractivity contribution in [2.75, 3.05) is 20.2 Å². The molecular formula is C15H24N2O. The summed E-state index contributed by atoms with van der Waals surface area (Å²) in [4.78, 5) is 0. The zero-order valence-corrected chi connectivity index (χ0v) is 11.5. The molecule has 0 aromatic heterocycles. The zero-order chi connectivity index (χ0) is 12.8. The standard InChI is InChI=1S/C15H24N2O/c1-12-10-13(5-6-15(12)18-2)11-16-9-7-14-4-3-8-17-14/h5-6,10,14,16-17H,3-4,7-9,11H2,1-2H3. The van der Waals surface area contributed by atoms with Crippen molar-refractivity contribution < 1.29 is 4.74 Å². The number of hydrogen-bond donors (Lipinski definition) is 2. The van der Waals surface area contributed by atoms with Crippen molar-refractivity contribution in [2.24, 2.45) is 0 Å². The van der Waals surface area contributed by atoms with E-state index in [2.05, 4.69) is 29.7 Å². The molecule has 1 fully saturated rings. The molecule has 1 aromatic carbocycles. The van der Waals surface area contributed by atoms with Gasteiger partial charge in [0.25, 0.3) is 0 Å². The number of hydrogen-bond acceptors (Lipinski definition) is 3. The molecule has 0 spiro atoms. The minimum absolute atomic E-state index is 0.732. The first-order valence-corrected chi connectivity index (χ1v) is 6.87. The number of rotatable bonds is 6. The fraction of sp³-hybridized carbons (Fsp3) is 0.600. The minimum atomic E-state index is 0.732. The Balaban J connectivity index is 1.71. The van der Waals surface area contributed by atoms with Gasteiger partial charge in [-0.15, -0.1) is 0 Å². The van der Waals surface area contributed by atoms with E-state index in [0.717, 1.165) is 24.9 Å². The van der Waals surface area contributed by atoms with Crippen LogP contribution in [0.15, 0.2) is 18.2 Å². The van der Waals surface area contributed by atoms with Gasteiger partial charge in [0.2, 0.25) is 0 Å². The Bertz CT molecular complexity index is 373. The molecule has 1 saturated heterocycles. The molecule has 0 aliphatic carbocycles. The highest BCUT2D eigenvalue weighted by Crippen LogP contribution is 2.18. The van der Waals surface area contributed by atoms with Gasteiger partial charge in [-0.2, -0.15) is 0 Å². The van der Waals surface area contributed by atoms with Crippen molar-refractivity contribution in [3.05, 3.63) is 29.3 Å². The van der Waals surface area contributed by atoms with E-state index in [1.807, 2.05) is 6.07 Å². The molecule has 0 amide bonds. The van der Waals surface area contributed by atoms with E-state index in [4.69, 9.17) is 4.74 Å². The second-order valence-electron chi connectivity index (χ2n) is 5.06. The zero-order valence-electron chi connectivity index (χ0n) is 11.5. The molecule has 1 aliphatic heterocycles. The molecule has 18 heavy (non-hydrogen) atoms. The van der Waals surface area contributed by atoms with Crippen LogP contribution in [0, 0.1) is 6.92 Å². The minimum Gasteiger partial charge on any atom is -0.496 e. The van der Waals surface area contributed by atoms with Gasteiger partial charge in [0.05, 0.1) is 7.11 Å². The van der Waals surface area contributed by atoms with Crippen LogP contribution in [0.25, 0.3) is 0 Å². The third kappa shape index (κ3) is 3.72. The summed E-state index contributed by atoms with van der Waals surface area (Å²) in [6.45, 7) is 5.31. The maximum Gasteiger partial charge on any atom is 0.121 e. The number of aryl methyl sites for hydroxylation is 1. The smallest absolute Gasteiger partial charge is 0.121 e. The number of methoxy groups -OCH3 is 1. The summed E-state index contributed by atoms with van der Waals surface area (Å²) in [5.41, 5.74) is 2.53. The molecule has 0 radical (unpaired) electrons. The number of benzene rings is 1. The van der Waals surface area contributed by atoms with Crippen molar-refractivity contribution in [1.29, 1.82) is 0 Å². The van der Waals surface area contributed by atoms with E-state index in [-0.39, 0.29) is 0 Å². The number of nitrogens with one attached hydrogen (secondary N) is 2. The van der Waals surface area contributed by atoms with Crippen molar-refractivity contribution in [3.8, 4) is 5.75 Å². The molecule has 0 saturated carbocycles. The average Bonchev–Trinajstić information content (AvgIpc) is 2.88. The van der Waals surface area contributed by atoms with Gasteiger partial charge in [0.15, 0.2) is 0 Å². The average molecular weight is 248 g/mol. The Morgan fingerprint density at radius 2 is 2.33 bits per heavy atom. The van der Waals surface area contributed by atoms with Crippen LogP contribution in [0.4, 0.5) is 0 Å². The molecule has 0 bridgehead atoms. The SMILES string of the molecule is COc1ccc(CNCCC2CCCN2)cc1C. The molecule has 3 heteroatoms. The first-order chi connectivity index (χ1) is 8.79. The van der Waals surface area contributed by atoms with E-state index in [1.54, 1.807) is 7.11 Å². The topological polar surface area (TPSA) is 33.3 Å². The van der Waals surface area contributed by atoms with Crippen molar-refractivity contribution in [1.82, 2.24) is 10.6 Å². The van der Waals surface area contributed by atoms with Crippen molar-refractivity contribution in [2.45, 2.75) is 38.8 Å². The highest BCUT2D eigenvalue weighted by Gasteiger charge is 2.12. The van der Waals surface area contributed by atoms with Crippen LogP contribution in [0.3, 0.4) is 0 Å². The normalized spacial score (nSPS) is 19.1. The predicted octanol–water partition coefficient (Wildman–Crippen LogP) is 2.24. The molecule has 1 atom stereocenters. The Morgan fingerprint density at radius 3 is 3.00 bits per heavy atom. The Hall–Kier alpha value is -1.06. The van der Waals surface area contributed by atoms with Gasteiger partial charge in [0, 0.05) is 12.6 Å². The summed E-state index contributed by atoms with van der Waals surface area (Å²) < 4.78 is 5.26.